The fourth-order valence-electron chi connectivity index (χ4n) is 10.1. The second kappa shape index (κ2) is 8.74. The molecule has 0 heterocycles. The van der Waals surface area contributed by atoms with E-state index >= 15 is 0 Å². The Hall–Kier alpha value is -6.50. The van der Waals surface area contributed by atoms with Crippen LogP contribution in [0.4, 0.5) is 0 Å². The van der Waals surface area contributed by atoms with E-state index in [1.54, 1.807) is 0 Å². The normalized spacial score (nSPS) is 12.8. The minimum Gasteiger partial charge on any atom is -0.0616 e. The smallest absolute Gasteiger partial charge is 0.00139 e. The van der Waals surface area contributed by atoms with Crippen molar-refractivity contribution in [1.82, 2.24) is 0 Å². The summed E-state index contributed by atoms with van der Waals surface area (Å²) in [6.07, 6.45) is 0. The van der Waals surface area contributed by atoms with E-state index in [4.69, 9.17) is 0 Å². The van der Waals surface area contributed by atoms with Crippen LogP contribution in [0, 0.1) is 0 Å². The highest BCUT2D eigenvalue weighted by molar-refractivity contribution is 6.36. The van der Waals surface area contributed by atoms with Gasteiger partial charge in [0, 0.05) is 0 Å². The number of hydrogen-bond acceptors (Lipinski definition) is 0. The zero-order valence-electron chi connectivity index (χ0n) is 27.0. The SMILES string of the molecule is c1ccc2c(c1)-c1cccc3c(-c4ccc5c6c4ccc4ccc7c(-c8ccc9c%10c(cccc8%10)-c8ccccc8-9)ccc-5c7c46)ccc-2c13. The molecule has 0 aliphatic heterocycles. The summed E-state index contributed by atoms with van der Waals surface area (Å²) >= 11 is 0. The van der Waals surface area contributed by atoms with Gasteiger partial charge in [-0.15, -0.1) is 0 Å². The molecule has 0 radical (unpaired) electrons. The van der Waals surface area contributed by atoms with Gasteiger partial charge >= 0.3 is 0 Å². The molecule has 0 amide bonds. The van der Waals surface area contributed by atoms with Gasteiger partial charge in [-0.2, -0.15) is 0 Å². The molecule has 10 aromatic carbocycles. The van der Waals surface area contributed by atoms with Crippen LogP contribution in [0.1, 0.15) is 0 Å². The van der Waals surface area contributed by atoms with E-state index in [1.807, 2.05) is 0 Å². The maximum atomic E-state index is 2.39. The lowest BCUT2D eigenvalue weighted by Crippen LogP contribution is -1.87. The molecule has 0 saturated heterocycles. The maximum absolute atomic E-state index is 2.39. The van der Waals surface area contributed by atoms with Crippen molar-refractivity contribution in [2.24, 2.45) is 0 Å². The average Bonchev–Trinajstić information content (AvgIpc) is 3.82. The van der Waals surface area contributed by atoms with E-state index in [2.05, 4.69) is 158 Å². The van der Waals surface area contributed by atoms with Crippen molar-refractivity contribution in [3.05, 3.63) is 158 Å². The molecule has 226 valence electrons. The largest absolute Gasteiger partial charge is 0.0616 e. The fraction of sp³-hybridized carbons (Fsp3) is 0. The van der Waals surface area contributed by atoms with Crippen LogP contribution in [-0.4, -0.2) is 0 Å². The molecule has 0 atom stereocenters. The van der Waals surface area contributed by atoms with Gasteiger partial charge in [0.2, 0.25) is 0 Å². The van der Waals surface area contributed by atoms with E-state index in [1.165, 1.54) is 132 Å². The van der Waals surface area contributed by atoms with Gasteiger partial charge in [0.05, 0.1) is 0 Å². The summed E-state index contributed by atoms with van der Waals surface area (Å²) in [5.74, 6) is 0. The predicted octanol–water partition coefficient (Wildman–Crippen LogP) is 14.1. The molecule has 0 N–H and O–H groups in total. The fourth-order valence-corrected chi connectivity index (χ4v) is 10.1. The molecular weight excluding hydrogens is 601 g/mol. The standard InChI is InChI=1S/C50H26/c1-3-9-30-28(7-1)36-11-5-13-38-32(19-23-40(30)47(36)38)34-21-25-44-45-26-22-35(43-18-16-27-15-17-42(34)49(44)46(27)50(43)45)33-20-24-41-31-10-4-2-8-29(31)37-12-6-14-39(33)48(37)41/h1-26H. The maximum Gasteiger partial charge on any atom is -0.00139 e. The number of rotatable bonds is 2. The van der Waals surface area contributed by atoms with Crippen LogP contribution in [-0.2, 0) is 0 Å². The van der Waals surface area contributed by atoms with E-state index < -0.39 is 0 Å². The Morgan fingerprint density at radius 1 is 0.160 bits per heavy atom. The Labute approximate surface area is 288 Å². The van der Waals surface area contributed by atoms with Gasteiger partial charge in [-0.3, -0.25) is 0 Å². The third-order valence-electron chi connectivity index (χ3n) is 12.1. The van der Waals surface area contributed by atoms with Crippen LogP contribution in [0.25, 0.3) is 132 Å². The van der Waals surface area contributed by atoms with Crippen molar-refractivity contribution < 1.29 is 0 Å². The minimum absolute atomic E-state index is 1.31. The van der Waals surface area contributed by atoms with Gasteiger partial charge in [-0.1, -0.05) is 158 Å². The Kier molecular flexibility index (Phi) is 4.46. The summed E-state index contributed by atoms with van der Waals surface area (Å²) in [6.45, 7) is 0. The molecule has 3 aliphatic rings. The highest BCUT2D eigenvalue weighted by atomic mass is 14.3. The van der Waals surface area contributed by atoms with E-state index in [9.17, 15) is 0 Å². The van der Waals surface area contributed by atoms with Crippen LogP contribution >= 0.6 is 0 Å². The predicted molar refractivity (Wildman–Crippen MR) is 213 cm³/mol. The molecule has 0 spiro atoms. The first-order valence-electron chi connectivity index (χ1n) is 17.6. The van der Waals surface area contributed by atoms with Crippen LogP contribution in [0.3, 0.4) is 0 Å². The van der Waals surface area contributed by atoms with Crippen LogP contribution < -0.4 is 0 Å². The Bertz CT molecular complexity index is 2970. The second-order valence-corrected chi connectivity index (χ2v) is 14.3. The van der Waals surface area contributed by atoms with Crippen molar-refractivity contribution in [3.8, 4) is 77.9 Å². The quantitative estimate of drug-likeness (QED) is 0.168. The van der Waals surface area contributed by atoms with Crippen molar-refractivity contribution in [1.29, 1.82) is 0 Å². The number of hydrogen-bond donors (Lipinski definition) is 0. The summed E-state index contributed by atoms with van der Waals surface area (Å²) in [7, 11) is 0. The first-order chi connectivity index (χ1) is 24.8. The molecule has 0 nitrogen and oxygen atoms in total. The average molecular weight is 627 g/mol. The Morgan fingerprint density at radius 3 is 0.860 bits per heavy atom. The summed E-state index contributed by atoms with van der Waals surface area (Å²) in [5, 5.41) is 13.6. The molecule has 10 aromatic rings. The first-order valence-corrected chi connectivity index (χ1v) is 17.6. The topological polar surface area (TPSA) is 0 Å². The van der Waals surface area contributed by atoms with Gasteiger partial charge in [-0.25, -0.2) is 0 Å². The third-order valence-corrected chi connectivity index (χ3v) is 12.1. The number of fused-ring (bicyclic) bond motifs is 7. The van der Waals surface area contributed by atoms with Crippen LogP contribution in [0.5, 0.6) is 0 Å². The molecule has 0 unspecified atom stereocenters. The highest BCUT2D eigenvalue weighted by Crippen LogP contribution is 2.55. The van der Waals surface area contributed by atoms with Crippen molar-refractivity contribution in [2.75, 3.05) is 0 Å². The van der Waals surface area contributed by atoms with Gasteiger partial charge < -0.3 is 0 Å². The summed E-state index contributed by atoms with van der Waals surface area (Å²) in [6, 6.07) is 59.8. The molecule has 0 fully saturated rings. The lowest BCUT2D eigenvalue weighted by atomic mass is 9.89. The lowest BCUT2D eigenvalue weighted by molar-refractivity contribution is 1.69. The summed E-state index contributed by atoms with van der Waals surface area (Å²) < 4.78 is 0. The summed E-state index contributed by atoms with van der Waals surface area (Å²) in [5.41, 5.74) is 18.7. The molecule has 0 aromatic heterocycles. The Balaban J connectivity index is 1.07. The van der Waals surface area contributed by atoms with E-state index in [0.717, 1.165) is 0 Å². The van der Waals surface area contributed by atoms with E-state index in [0.29, 0.717) is 0 Å². The third kappa shape index (κ3) is 2.89. The molecule has 0 saturated carbocycles. The molecule has 0 heteroatoms. The molecule has 3 aliphatic carbocycles. The van der Waals surface area contributed by atoms with Crippen molar-refractivity contribution >= 4 is 53.9 Å². The van der Waals surface area contributed by atoms with Crippen molar-refractivity contribution in [2.45, 2.75) is 0 Å². The molecule has 50 heavy (non-hydrogen) atoms. The monoisotopic (exact) mass is 626 g/mol. The van der Waals surface area contributed by atoms with Crippen LogP contribution in [0.15, 0.2) is 158 Å². The highest BCUT2D eigenvalue weighted by Gasteiger charge is 2.27. The summed E-state index contributed by atoms with van der Waals surface area (Å²) in [4.78, 5) is 0. The minimum atomic E-state index is 1.31. The molecule has 13 rings (SSSR count). The van der Waals surface area contributed by atoms with Crippen LogP contribution in [0.2, 0.25) is 0 Å². The zero-order valence-corrected chi connectivity index (χ0v) is 27.0. The zero-order chi connectivity index (χ0) is 32.2. The van der Waals surface area contributed by atoms with Gasteiger partial charge in [-0.05, 0) is 132 Å². The molecule has 0 bridgehead atoms. The second-order valence-electron chi connectivity index (χ2n) is 14.3. The van der Waals surface area contributed by atoms with E-state index in [-0.39, 0.29) is 0 Å². The van der Waals surface area contributed by atoms with Crippen molar-refractivity contribution in [3.63, 3.8) is 0 Å². The van der Waals surface area contributed by atoms with Gasteiger partial charge in [0.15, 0.2) is 0 Å². The molecular formula is C50H26. The number of benzene rings is 10. The Morgan fingerprint density at radius 2 is 0.460 bits per heavy atom. The van der Waals surface area contributed by atoms with Gasteiger partial charge in [0.1, 0.15) is 0 Å². The first kappa shape index (κ1) is 25.5. The van der Waals surface area contributed by atoms with Gasteiger partial charge in [0.25, 0.3) is 0 Å². The lowest BCUT2D eigenvalue weighted by Gasteiger charge is -2.14.